The number of ether oxygens (including phenoxy) is 4. The van der Waals surface area contributed by atoms with Crippen LogP contribution in [0.1, 0.15) is 39.5 Å². The lowest BCUT2D eigenvalue weighted by atomic mass is 10.3. The van der Waals surface area contributed by atoms with E-state index in [0.717, 1.165) is 31.4 Å². The zero-order valence-corrected chi connectivity index (χ0v) is 17.9. The molecule has 3 N–H and O–H groups in total. The van der Waals surface area contributed by atoms with Crippen LogP contribution in [0.3, 0.4) is 0 Å². The van der Waals surface area contributed by atoms with Gasteiger partial charge in [-0.05, 0) is 37.1 Å². The topological polar surface area (TPSA) is 87.3 Å². The summed E-state index contributed by atoms with van der Waals surface area (Å²) in [5, 5.41) is 3.07. The lowest BCUT2D eigenvalue weighted by Crippen LogP contribution is -2.21. The largest absolute Gasteiger partial charge is 0.467 e. The van der Waals surface area contributed by atoms with Crippen molar-refractivity contribution in [2.45, 2.75) is 39.5 Å². The maximum absolute atomic E-state index is 6.06. The van der Waals surface area contributed by atoms with Crippen molar-refractivity contribution in [3.63, 3.8) is 0 Å². The van der Waals surface area contributed by atoms with Crippen molar-refractivity contribution in [2.24, 2.45) is 10.7 Å². The molecule has 0 aromatic heterocycles. The highest BCUT2D eigenvalue weighted by atomic mass is 16.7. The fourth-order valence-electron chi connectivity index (χ4n) is 2.45. The van der Waals surface area contributed by atoms with Gasteiger partial charge in [0.1, 0.15) is 11.5 Å². The van der Waals surface area contributed by atoms with Gasteiger partial charge in [0.05, 0.1) is 18.9 Å². The minimum Gasteiger partial charge on any atom is -0.467 e. The van der Waals surface area contributed by atoms with Crippen LogP contribution >= 0.6 is 0 Å². The summed E-state index contributed by atoms with van der Waals surface area (Å²) in [7, 11) is 0. The van der Waals surface area contributed by atoms with Crippen LogP contribution in [0.25, 0.3) is 0 Å². The molecule has 0 aliphatic carbocycles. The molecule has 0 amide bonds. The van der Waals surface area contributed by atoms with Crippen LogP contribution in [0.2, 0.25) is 0 Å². The normalized spacial score (nSPS) is 11.3. The molecule has 2 rings (SSSR count). The summed E-state index contributed by atoms with van der Waals surface area (Å²) in [5.41, 5.74) is 7.52. The molecule has 0 aliphatic rings. The summed E-state index contributed by atoms with van der Waals surface area (Å²) in [6.07, 6.45) is 4.24. The number of hydrogen-bond acceptors (Lipinski definition) is 5. The van der Waals surface area contributed by atoms with Crippen LogP contribution in [0.5, 0.6) is 11.5 Å². The lowest BCUT2D eigenvalue weighted by molar-refractivity contribution is 0.0139. The van der Waals surface area contributed by atoms with Crippen molar-refractivity contribution in [1.82, 2.24) is 0 Å². The fourth-order valence-corrected chi connectivity index (χ4v) is 2.45. The lowest BCUT2D eigenvalue weighted by Gasteiger charge is -2.10. The van der Waals surface area contributed by atoms with E-state index in [2.05, 4.69) is 24.2 Å². The number of aliphatic imine (C=N–C) groups is 1. The van der Waals surface area contributed by atoms with Gasteiger partial charge in [0, 0.05) is 17.8 Å². The predicted octanol–water partition coefficient (Wildman–Crippen LogP) is 5.05. The molecule has 0 fully saturated rings. The molecular formula is C23H33N3O4. The summed E-state index contributed by atoms with van der Waals surface area (Å²) in [6, 6.07) is 14.9. The van der Waals surface area contributed by atoms with E-state index in [1.54, 1.807) is 0 Å². The molecule has 0 bridgehead atoms. The summed E-state index contributed by atoms with van der Waals surface area (Å²) in [6.45, 7) is 6.08. The maximum Gasteiger partial charge on any atom is 0.198 e. The van der Waals surface area contributed by atoms with E-state index in [1.807, 2.05) is 48.5 Å². The number of unbranched alkanes of at least 4 members (excludes halogenated alkanes) is 2. The highest BCUT2D eigenvalue weighted by molar-refractivity contribution is 5.94. The minimum absolute atomic E-state index is 0.218. The molecule has 2 aromatic carbocycles. The first-order valence-corrected chi connectivity index (χ1v) is 10.4. The van der Waals surface area contributed by atoms with Crippen LogP contribution in [0, 0.1) is 0 Å². The van der Waals surface area contributed by atoms with E-state index in [0.29, 0.717) is 30.4 Å². The molecule has 0 heterocycles. The molecule has 7 nitrogen and oxygen atoms in total. The highest BCUT2D eigenvalue weighted by Gasteiger charge is 2.01. The average molecular weight is 416 g/mol. The second-order valence-corrected chi connectivity index (χ2v) is 6.70. The van der Waals surface area contributed by atoms with E-state index in [1.165, 1.54) is 0 Å². The molecular weight excluding hydrogens is 382 g/mol. The van der Waals surface area contributed by atoms with Crippen LogP contribution < -0.4 is 20.5 Å². The smallest absolute Gasteiger partial charge is 0.198 e. The molecule has 30 heavy (non-hydrogen) atoms. The Morgan fingerprint density at radius 3 is 2.10 bits per heavy atom. The first-order chi connectivity index (χ1) is 14.7. The number of nitrogens with one attached hydrogen (secondary N) is 1. The van der Waals surface area contributed by atoms with Gasteiger partial charge in [0.2, 0.25) is 0 Å². The number of nitrogens with zero attached hydrogens (tertiary/aromatic N) is 1. The Labute approximate surface area is 179 Å². The number of benzene rings is 2. The maximum atomic E-state index is 6.06. The third-order valence-corrected chi connectivity index (χ3v) is 4.08. The zero-order chi connectivity index (χ0) is 21.4. The molecule has 7 heteroatoms. The summed E-state index contributed by atoms with van der Waals surface area (Å²) < 4.78 is 22.0. The standard InChI is InChI=1S/C23H33N3O4/c1-3-5-13-27-17-29-21-11-7-9-19(15-21)25-23(24)26-20-10-8-12-22(16-20)30-18-28-14-6-4-2/h7-12,15-16H,3-6,13-14,17-18H2,1-2H3,(H3,24,25,26). The third kappa shape index (κ3) is 9.62. The van der Waals surface area contributed by atoms with Gasteiger partial charge in [0.15, 0.2) is 19.5 Å². The van der Waals surface area contributed by atoms with Gasteiger partial charge >= 0.3 is 0 Å². The number of anilines is 1. The number of guanidine groups is 1. The van der Waals surface area contributed by atoms with Crippen molar-refractivity contribution in [2.75, 3.05) is 32.1 Å². The molecule has 164 valence electrons. The van der Waals surface area contributed by atoms with E-state index in [-0.39, 0.29) is 19.5 Å². The number of rotatable bonds is 14. The second-order valence-electron chi connectivity index (χ2n) is 6.70. The van der Waals surface area contributed by atoms with Crippen molar-refractivity contribution in [3.8, 4) is 11.5 Å². The molecule has 0 saturated heterocycles. The third-order valence-electron chi connectivity index (χ3n) is 4.08. The highest BCUT2D eigenvalue weighted by Crippen LogP contribution is 2.21. The number of hydrogen-bond donors (Lipinski definition) is 2. The first kappa shape index (κ1) is 23.5. The van der Waals surface area contributed by atoms with Gasteiger partial charge in [-0.2, -0.15) is 0 Å². The molecule has 0 atom stereocenters. The molecule has 0 radical (unpaired) electrons. The Morgan fingerprint density at radius 2 is 1.47 bits per heavy atom. The summed E-state index contributed by atoms with van der Waals surface area (Å²) in [5.74, 6) is 1.64. The Hall–Kier alpha value is -2.77. The van der Waals surface area contributed by atoms with Crippen LogP contribution in [0.15, 0.2) is 53.5 Å². The fraction of sp³-hybridized carbons (Fsp3) is 0.435. The molecule has 0 saturated carbocycles. The van der Waals surface area contributed by atoms with Gasteiger partial charge in [-0.1, -0.05) is 38.8 Å². The van der Waals surface area contributed by atoms with E-state index >= 15 is 0 Å². The van der Waals surface area contributed by atoms with Gasteiger partial charge in [-0.3, -0.25) is 0 Å². The Kier molecular flexibility index (Phi) is 11.2. The Balaban J connectivity index is 1.85. The van der Waals surface area contributed by atoms with Crippen LogP contribution in [0.4, 0.5) is 11.4 Å². The Bertz CT molecular complexity index is 768. The van der Waals surface area contributed by atoms with Gasteiger partial charge in [-0.25, -0.2) is 4.99 Å². The second kappa shape index (κ2) is 14.3. The van der Waals surface area contributed by atoms with E-state index < -0.39 is 0 Å². The molecule has 2 aromatic rings. The quantitative estimate of drug-likeness (QED) is 0.194. The van der Waals surface area contributed by atoms with Gasteiger partial charge in [-0.15, -0.1) is 0 Å². The minimum atomic E-state index is 0.218. The first-order valence-electron chi connectivity index (χ1n) is 10.4. The molecule has 0 unspecified atom stereocenters. The SMILES string of the molecule is CCCCOCOc1cccc(N=C(N)Nc2cccc(OCOCCCC)c2)c1. The number of nitrogens with two attached hydrogens (primary N) is 1. The van der Waals surface area contributed by atoms with Gasteiger partial charge in [0.25, 0.3) is 0 Å². The summed E-state index contributed by atoms with van der Waals surface area (Å²) in [4.78, 5) is 4.40. The van der Waals surface area contributed by atoms with Gasteiger partial charge < -0.3 is 30.0 Å². The Morgan fingerprint density at radius 1 is 0.867 bits per heavy atom. The zero-order valence-electron chi connectivity index (χ0n) is 17.9. The van der Waals surface area contributed by atoms with E-state index in [9.17, 15) is 0 Å². The monoisotopic (exact) mass is 415 g/mol. The molecule has 0 aliphatic heterocycles. The van der Waals surface area contributed by atoms with Crippen LogP contribution in [-0.2, 0) is 9.47 Å². The summed E-state index contributed by atoms with van der Waals surface area (Å²) >= 11 is 0. The van der Waals surface area contributed by atoms with Crippen LogP contribution in [-0.4, -0.2) is 32.8 Å². The van der Waals surface area contributed by atoms with Crippen molar-refractivity contribution < 1.29 is 18.9 Å². The van der Waals surface area contributed by atoms with Crippen molar-refractivity contribution in [3.05, 3.63) is 48.5 Å². The van der Waals surface area contributed by atoms with Crippen molar-refractivity contribution >= 4 is 17.3 Å². The molecule has 0 spiro atoms. The van der Waals surface area contributed by atoms with E-state index in [4.69, 9.17) is 24.7 Å². The van der Waals surface area contributed by atoms with Crippen molar-refractivity contribution in [1.29, 1.82) is 0 Å². The average Bonchev–Trinajstić information content (AvgIpc) is 2.74. The predicted molar refractivity (Wildman–Crippen MR) is 120 cm³/mol.